The smallest absolute Gasteiger partial charge is 0.0697 e. The standard InChI is InChI=1S/C11H16BrNO/c1-8(2)11(3,14)6-10-5-4-9(12)7-13-10/h4-5,7-8,14H,6H2,1-3H3. The van der Waals surface area contributed by atoms with Gasteiger partial charge in [0.2, 0.25) is 0 Å². The molecule has 0 amide bonds. The van der Waals surface area contributed by atoms with Crippen LogP contribution in [0.3, 0.4) is 0 Å². The lowest BCUT2D eigenvalue weighted by Gasteiger charge is -2.27. The van der Waals surface area contributed by atoms with Crippen LogP contribution in [0.5, 0.6) is 0 Å². The Balaban J connectivity index is 2.74. The third-order valence-corrected chi connectivity index (χ3v) is 3.04. The topological polar surface area (TPSA) is 33.1 Å². The van der Waals surface area contributed by atoms with Gasteiger partial charge in [-0.2, -0.15) is 0 Å². The molecule has 0 fully saturated rings. The summed E-state index contributed by atoms with van der Waals surface area (Å²) in [6.45, 7) is 5.87. The van der Waals surface area contributed by atoms with Gasteiger partial charge in [0.1, 0.15) is 0 Å². The van der Waals surface area contributed by atoms with Gasteiger partial charge in [-0.3, -0.25) is 4.98 Å². The molecule has 3 heteroatoms. The first-order valence-corrected chi connectivity index (χ1v) is 5.54. The van der Waals surface area contributed by atoms with E-state index in [-0.39, 0.29) is 5.92 Å². The van der Waals surface area contributed by atoms with Crippen molar-refractivity contribution in [1.29, 1.82) is 0 Å². The van der Waals surface area contributed by atoms with Crippen LogP contribution in [-0.4, -0.2) is 15.7 Å². The number of nitrogens with zero attached hydrogens (tertiary/aromatic N) is 1. The van der Waals surface area contributed by atoms with Crippen molar-refractivity contribution in [2.75, 3.05) is 0 Å². The van der Waals surface area contributed by atoms with Crippen molar-refractivity contribution in [3.63, 3.8) is 0 Å². The molecule has 1 atom stereocenters. The minimum absolute atomic E-state index is 0.230. The molecule has 1 aromatic rings. The van der Waals surface area contributed by atoms with Crippen molar-refractivity contribution in [2.24, 2.45) is 5.92 Å². The summed E-state index contributed by atoms with van der Waals surface area (Å²) in [5.74, 6) is 0.230. The molecule has 0 aliphatic heterocycles. The maximum absolute atomic E-state index is 10.1. The van der Waals surface area contributed by atoms with Gasteiger partial charge in [-0.15, -0.1) is 0 Å². The highest BCUT2D eigenvalue weighted by Crippen LogP contribution is 2.21. The second kappa shape index (κ2) is 4.41. The van der Waals surface area contributed by atoms with Gasteiger partial charge in [-0.25, -0.2) is 0 Å². The summed E-state index contributed by atoms with van der Waals surface area (Å²) in [6, 6.07) is 3.87. The Kier molecular flexibility index (Phi) is 3.67. The molecule has 14 heavy (non-hydrogen) atoms. The lowest BCUT2D eigenvalue weighted by atomic mass is 9.88. The van der Waals surface area contributed by atoms with Crippen molar-refractivity contribution in [3.8, 4) is 0 Å². The molecule has 0 aromatic carbocycles. The maximum Gasteiger partial charge on any atom is 0.0697 e. The highest BCUT2D eigenvalue weighted by atomic mass is 79.9. The van der Waals surface area contributed by atoms with Crippen LogP contribution in [0.4, 0.5) is 0 Å². The molecule has 0 aliphatic rings. The third kappa shape index (κ3) is 3.07. The molecule has 1 N–H and O–H groups in total. The summed E-state index contributed by atoms with van der Waals surface area (Å²) < 4.78 is 0.963. The molecule has 0 saturated heterocycles. The predicted molar refractivity (Wildman–Crippen MR) is 61.1 cm³/mol. The van der Waals surface area contributed by atoms with E-state index in [4.69, 9.17) is 0 Å². The number of hydrogen-bond donors (Lipinski definition) is 1. The zero-order valence-electron chi connectivity index (χ0n) is 8.79. The summed E-state index contributed by atoms with van der Waals surface area (Å²) in [5, 5.41) is 10.1. The maximum atomic E-state index is 10.1. The first-order chi connectivity index (χ1) is 6.42. The lowest BCUT2D eigenvalue weighted by molar-refractivity contribution is 0.0131. The minimum atomic E-state index is -0.680. The molecular formula is C11H16BrNO. The van der Waals surface area contributed by atoms with Gasteiger partial charge in [0.05, 0.1) is 5.60 Å². The normalized spacial score (nSPS) is 15.6. The zero-order valence-corrected chi connectivity index (χ0v) is 10.4. The number of aromatic nitrogens is 1. The van der Waals surface area contributed by atoms with Crippen molar-refractivity contribution in [2.45, 2.75) is 32.8 Å². The van der Waals surface area contributed by atoms with Gasteiger partial charge in [-0.05, 0) is 40.9 Å². The van der Waals surface area contributed by atoms with Crippen molar-refractivity contribution < 1.29 is 5.11 Å². The lowest BCUT2D eigenvalue weighted by Crippen LogP contribution is -2.33. The SMILES string of the molecule is CC(C)C(C)(O)Cc1ccc(Br)cn1. The molecule has 0 spiro atoms. The van der Waals surface area contributed by atoms with Crippen LogP contribution < -0.4 is 0 Å². The zero-order chi connectivity index (χ0) is 10.8. The monoisotopic (exact) mass is 257 g/mol. The molecule has 1 heterocycles. The molecule has 1 unspecified atom stereocenters. The summed E-state index contributed by atoms with van der Waals surface area (Å²) in [4.78, 5) is 4.24. The molecule has 78 valence electrons. The Morgan fingerprint density at radius 1 is 1.50 bits per heavy atom. The summed E-state index contributed by atoms with van der Waals surface area (Å²) in [6.07, 6.45) is 2.35. The van der Waals surface area contributed by atoms with E-state index < -0.39 is 5.60 Å². The Bertz CT molecular complexity index is 293. The molecule has 0 bridgehead atoms. The van der Waals surface area contributed by atoms with Crippen LogP contribution in [0.15, 0.2) is 22.8 Å². The first kappa shape index (κ1) is 11.7. The molecule has 0 aliphatic carbocycles. The van der Waals surface area contributed by atoms with Gasteiger partial charge in [-0.1, -0.05) is 13.8 Å². The fourth-order valence-electron chi connectivity index (χ4n) is 1.08. The van der Waals surface area contributed by atoms with Crippen LogP contribution in [0.2, 0.25) is 0 Å². The quantitative estimate of drug-likeness (QED) is 0.904. The van der Waals surface area contributed by atoms with Crippen LogP contribution in [-0.2, 0) is 6.42 Å². The van der Waals surface area contributed by atoms with E-state index in [0.29, 0.717) is 6.42 Å². The summed E-state index contributed by atoms with van der Waals surface area (Å²) in [7, 11) is 0. The first-order valence-electron chi connectivity index (χ1n) is 4.74. The predicted octanol–water partition coefficient (Wildman–Crippen LogP) is 2.79. The van der Waals surface area contributed by atoms with Crippen molar-refractivity contribution in [1.82, 2.24) is 4.98 Å². The largest absolute Gasteiger partial charge is 0.390 e. The van der Waals surface area contributed by atoms with Crippen LogP contribution in [0.1, 0.15) is 26.5 Å². The van der Waals surface area contributed by atoms with E-state index in [0.717, 1.165) is 10.2 Å². The summed E-state index contributed by atoms with van der Waals surface area (Å²) >= 11 is 3.33. The molecule has 0 saturated carbocycles. The molecule has 1 aromatic heterocycles. The number of pyridine rings is 1. The van der Waals surface area contributed by atoms with Gasteiger partial charge in [0.15, 0.2) is 0 Å². The molecule has 1 rings (SSSR count). The number of halogens is 1. The fraction of sp³-hybridized carbons (Fsp3) is 0.545. The number of rotatable bonds is 3. The minimum Gasteiger partial charge on any atom is -0.390 e. The fourth-order valence-corrected chi connectivity index (χ4v) is 1.32. The van der Waals surface area contributed by atoms with E-state index in [1.54, 1.807) is 6.20 Å². The number of hydrogen-bond acceptors (Lipinski definition) is 2. The molecule has 0 radical (unpaired) electrons. The van der Waals surface area contributed by atoms with E-state index >= 15 is 0 Å². The highest BCUT2D eigenvalue weighted by Gasteiger charge is 2.25. The van der Waals surface area contributed by atoms with E-state index in [9.17, 15) is 5.11 Å². The average Bonchev–Trinajstić information content (AvgIpc) is 2.08. The molecular weight excluding hydrogens is 242 g/mol. The summed E-state index contributed by atoms with van der Waals surface area (Å²) in [5.41, 5.74) is 0.243. The van der Waals surface area contributed by atoms with Gasteiger partial charge < -0.3 is 5.11 Å². The van der Waals surface area contributed by atoms with Crippen LogP contribution in [0, 0.1) is 5.92 Å². The van der Waals surface area contributed by atoms with E-state index in [2.05, 4.69) is 20.9 Å². The van der Waals surface area contributed by atoms with Gasteiger partial charge in [0.25, 0.3) is 0 Å². The van der Waals surface area contributed by atoms with Crippen LogP contribution in [0.25, 0.3) is 0 Å². The number of aliphatic hydroxyl groups is 1. The second-order valence-electron chi connectivity index (χ2n) is 4.16. The average molecular weight is 258 g/mol. The van der Waals surface area contributed by atoms with Crippen molar-refractivity contribution in [3.05, 3.63) is 28.5 Å². The van der Waals surface area contributed by atoms with Gasteiger partial charge in [0, 0.05) is 22.8 Å². The third-order valence-electron chi connectivity index (χ3n) is 2.57. The Hall–Kier alpha value is -0.410. The van der Waals surface area contributed by atoms with Crippen LogP contribution >= 0.6 is 15.9 Å². The van der Waals surface area contributed by atoms with E-state index in [1.807, 2.05) is 32.9 Å². The van der Waals surface area contributed by atoms with E-state index in [1.165, 1.54) is 0 Å². The second-order valence-corrected chi connectivity index (χ2v) is 5.07. The molecule has 2 nitrogen and oxygen atoms in total. The van der Waals surface area contributed by atoms with Crippen molar-refractivity contribution >= 4 is 15.9 Å². The Labute approximate surface area is 93.5 Å². The Morgan fingerprint density at radius 2 is 2.14 bits per heavy atom. The Morgan fingerprint density at radius 3 is 2.57 bits per heavy atom. The van der Waals surface area contributed by atoms with Gasteiger partial charge >= 0.3 is 0 Å². The highest BCUT2D eigenvalue weighted by molar-refractivity contribution is 9.10.